The van der Waals surface area contributed by atoms with Crippen LogP contribution in [0, 0.1) is 52.3 Å². The molecule has 0 spiro atoms. The van der Waals surface area contributed by atoms with Crippen molar-refractivity contribution in [3.63, 3.8) is 0 Å². The maximum Gasteiger partial charge on any atom is 0.338 e. The molecule has 212 valence electrons. The predicted octanol–water partition coefficient (Wildman–Crippen LogP) is 8.50. The number of fused-ring (bicyclic) bond motifs is 5. The number of nitrogens with two attached hydrogens (primary N) is 2. The summed E-state index contributed by atoms with van der Waals surface area (Å²) in [5.74, 6) is 5.67. The molecule has 4 heteroatoms. The third kappa shape index (κ3) is 5.10. The van der Waals surface area contributed by atoms with Gasteiger partial charge < -0.3 is 16.2 Å². The zero-order chi connectivity index (χ0) is 27.2. The standard InChI is InChI=1S/C34H54N2O2/c1-21(2)7-6-8-22(3)29-11-12-30-28-10-9-24-19-27(38-32(37)23-17-25(35)20-26(36)18-23)13-15-33(24,4)31(28)14-16-34(29,30)5/h17-18,20-22,24,27-31H,6-16,19,35-36H2,1-5H3. The first-order valence-corrected chi connectivity index (χ1v) is 15.9. The van der Waals surface area contributed by atoms with E-state index in [1.165, 1.54) is 64.2 Å². The van der Waals surface area contributed by atoms with Crippen LogP contribution in [0.4, 0.5) is 11.4 Å². The van der Waals surface area contributed by atoms with Crippen molar-refractivity contribution in [1.29, 1.82) is 0 Å². The Hall–Kier alpha value is -1.71. The van der Waals surface area contributed by atoms with Crippen molar-refractivity contribution < 1.29 is 9.53 Å². The highest BCUT2D eigenvalue weighted by Gasteiger charge is 2.60. The van der Waals surface area contributed by atoms with Crippen molar-refractivity contribution in [3.05, 3.63) is 23.8 Å². The zero-order valence-corrected chi connectivity index (χ0v) is 24.8. The van der Waals surface area contributed by atoms with Gasteiger partial charge in [0.05, 0.1) is 5.56 Å². The Morgan fingerprint density at radius 3 is 2.29 bits per heavy atom. The normalized spacial score (nSPS) is 39.2. The van der Waals surface area contributed by atoms with Crippen molar-refractivity contribution in [2.75, 3.05) is 11.5 Å². The minimum atomic E-state index is -0.278. The molecule has 38 heavy (non-hydrogen) atoms. The molecule has 4 saturated carbocycles. The average molecular weight is 523 g/mol. The highest BCUT2D eigenvalue weighted by molar-refractivity contribution is 5.91. The quantitative estimate of drug-likeness (QED) is 0.278. The summed E-state index contributed by atoms with van der Waals surface area (Å²) in [6.07, 6.45) is 15.8. The van der Waals surface area contributed by atoms with Crippen molar-refractivity contribution in [3.8, 4) is 0 Å². The Morgan fingerprint density at radius 1 is 0.895 bits per heavy atom. The molecule has 9 atom stereocenters. The molecule has 0 aliphatic heterocycles. The smallest absolute Gasteiger partial charge is 0.338 e. The van der Waals surface area contributed by atoms with Gasteiger partial charge in [0.2, 0.25) is 0 Å². The number of hydrogen-bond donors (Lipinski definition) is 2. The summed E-state index contributed by atoms with van der Waals surface area (Å²) < 4.78 is 6.04. The van der Waals surface area contributed by atoms with Gasteiger partial charge in [0.1, 0.15) is 6.10 Å². The molecule has 0 amide bonds. The van der Waals surface area contributed by atoms with Crippen LogP contribution in [0.1, 0.15) is 122 Å². The summed E-state index contributed by atoms with van der Waals surface area (Å²) in [5.41, 5.74) is 14.3. The van der Waals surface area contributed by atoms with Gasteiger partial charge in [-0.05, 0) is 128 Å². The van der Waals surface area contributed by atoms with Gasteiger partial charge in [0, 0.05) is 11.4 Å². The molecule has 1 aromatic carbocycles. The van der Waals surface area contributed by atoms with Crippen LogP contribution >= 0.6 is 0 Å². The van der Waals surface area contributed by atoms with Crippen LogP contribution in [-0.2, 0) is 4.74 Å². The fourth-order valence-electron chi connectivity index (χ4n) is 10.4. The van der Waals surface area contributed by atoms with Gasteiger partial charge in [-0.2, -0.15) is 0 Å². The molecule has 0 saturated heterocycles. The molecule has 4 aliphatic carbocycles. The maximum atomic E-state index is 12.9. The molecular weight excluding hydrogens is 468 g/mol. The lowest BCUT2D eigenvalue weighted by molar-refractivity contribution is -0.130. The predicted molar refractivity (Wildman–Crippen MR) is 158 cm³/mol. The van der Waals surface area contributed by atoms with Crippen LogP contribution < -0.4 is 11.5 Å². The molecule has 5 rings (SSSR count). The monoisotopic (exact) mass is 522 g/mol. The number of rotatable bonds is 7. The van der Waals surface area contributed by atoms with Gasteiger partial charge >= 0.3 is 5.97 Å². The van der Waals surface area contributed by atoms with E-state index in [1.807, 2.05) is 0 Å². The number of ether oxygens (including phenoxy) is 1. The first-order chi connectivity index (χ1) is 18.0. The number of benzene rings is 1. The van der Waals surface area contributed by atoms with Crippen LogP contribution in [0.25, 0.3) is 0 Å². The van der Waals surface area contributed by atoms with E-state index in [0.29, 0.717) is 33.7 Å². The fraction of sp³-hybridized carbons (Fsp3) is 0.794. The third-order valence-corrected chi connectivity index (χ3v) is 12.3. The van der Waals surface area contributed by atoms with Crippen LogP contribution in [0.15, 0.2) is 18.2 Å². The highest BCUT2D eigenvalue weighted by atomic mass is 16.5. The summed E-state index contributed by atoms with van der Waals surface area (Å²) >= 11 is 0. The molecule has 1 aromatic rings. The lowest BCUT2D eigenvalue weighted by atomic mass is 9.44. The molecule has 9 unspecified atom stereocenters. The maximum absolute atomic E-state index is 12.9. The molecule has 0 heterocycles. The SMILES string of the molecule is CC(C)CCCC(C)C1CCC2C3CCC4CC(OC(=O)c5cc(N)cc(N)c5)CCC4(C)C3CCC12C. The molecule has 4 fully saturated rings. The molecule has 4 N–H and O–H groups in total. The topological polar surface area (TPSA) is 78.3 Å². The van der Waals surface area contributed by atoms with Gasteiger partial charge in [-0.3, -0.25) is 0 Å². The van der Waals surface area contributed by atoms with Gasteiger partial charge in [-0.15, -0.1) is 0 Å². The minimum Gasteiger partial charge on any atom is -0.459 e. The van der Waals surface area contributed by atoms with Crippen LogP contribution in [0.2, 0.25) is 0 Å². The number of nitrogen functional groups attached to an aromatic ring is 2. The van der Waals surface area contributed by atoms with E-state index in [-0.39, 0.29) is 12.1 Å². The summed E-state index contributed by atoms with van der Waals surface area (Å²) in [7, 11) is 0. The number of esters is 1. The summed E-state index contributed by atoms with van der Waals surface area (Å²) in [4.78, 5) is 12.9. The number of hydrogen-bond acceptors (Lipinski definition) is 4. The molecule has 0 aromatic heterocycles. The Bertz CT molecular complexity index is 986. The summed E-state index contributed by atoms with van der Waals surface area (Å²) in [5, 5.41) is 0. The average Bonchev–Trinajstić information content (AvgIpc) is 3.20. The third-order valence-electron chi connectivity index (χ3n) is 12.3. The van der Waals surface area contributed by atoms with Gasteiger partial charge in [0.25, 0.3) is 0 Å². The van der Waals surface area contributed by atoms with Gasteiger partial charge in [-0.1, -0.05) is 53.9 Å². The lowest BCUT2D eigenvalue weighted by Crippen LogP contribution is -2.54. The number of carbonyl (C=O) groups is 1. The van der Waals surface area contributed by atoms with Crippen molar-refractivity contribution in [2.45, 2.75) is 118 Å². The van der Waals surface area contributed by atoms with E-state index >= 15 is 0 Å². The first-order valence-electron chi connectivity index (χ1n) is 15.9. The van der Waals surface area contributed by atoms with Crippen molar-refractivity contribution in [1.82, 2.24) is 0 Å². The summed E-state index contributed by atoms with van der Waals surface area (Å²) in [6.45, 7) is 12.6. The van der Waals surface area contributed by atoms with Crippen LogP contribution in [0.5, 0.6) is 0 Å². The molecular formula is C34H54N2O2. The number of carbonyl (C=O) groups excluding carboxylic acids is 1. The first kappa shape index (κ1) is 27.8. The fourth-order valence-corrected chi connectivity index (χ4v) is 10.4. The Balaban J connectivity index is 1.22. The minimum absolute atomic E-state index is 0.0104. The van der Waals surface area contributed by atoms with Crippen molar-refractivity contribution in [2.24, 2.45) is 52.3 Å². The Kier molecular flexibility index (Phi) is 7.84. The second-order valence-corrected chi connectivity index (χ2v) is 14.9. The second kappa shape index (κ2) is 10.7. The van der Waals surface area contributed by atoms with E-state index in [1.54, 1.807) is 18.2 Å². The Morgan fingerprint density at radius 2 is 1.58 bits per heavy atom. The largest absolute Gasteiger partial charge is 0.459 e. The van der Waals surface area contributed by atoms with Gasteiger partial charge in [0.15, 0.2) is 0 Å². The molecule has 0 bridgehead atoms. The van der Waals surface area contributed by atoms with E-state index in [0.717, 1.165) is 48.3 Å². The number of anilines is 2. The molecule has 0 radical (unpaired) electrons. The molecule has 4 nitrogen and oxygen atoms in total. The van der Waals surface area contributed by atoms with E-state index in [4.69, 9.17) is 16.2 Å². The zero-order valence-electron chi connectivity index (χ0n) is 24.8. The van der Waals surface area contributed by atoms with Crippen LogP contribution in [0.3, 0.4) is 0 Å². The van der Waals surface area contributed by atoms with E-state index < -0.39 is 0 Å². The van der Waals surface area contributed by atoms with Gasteiger partial charge in [-0.25, -0.2) is 4.79 Å². The van der Waals surface area contributed by atoms with E-state index in [9.17, 15) is 4.79 Å². The summed E-state index contributed by atoms with van der Waals surface area (Å²) in [6, 6.07) is 5.03. The van der Waals surface area contributed by atoms with Crippen molar-refractivity contribution >= 4 is 17.3 Å². The Labute approximate surface area is 232 Å². The van der Waals surface area contributed by atoms with Crippen LogP contribution in [-0.4, -0.2) is 12.1 Å². The molecule has 4 aliphatic rings. The lowest BCUT2D eigenvalue weighted by Gasteiger charge is -2.61. The highest BCUT2D eigenvalue weighted by Crippen LogP contribution is 2.68. The van der Waals surface area contributed by atoms with E-state index in [2.05, 4.69) is 34.6 Å². The second-order valence-electron chi connectivity index (χ2n) is 14.9.